The molecule has 0 bridgehead atoms. The van der Waals surface area contributed by atoms with Gasteiger partial charge in [0.1, 0.15) is 0 Å². The van der Waals surface area contributed by atoms with Crippen molar-refractivity contribution in [3.63, 3.8) is 0 Å². The molecule has 2 aromatic heterocycles. The van der Waals surface area contributed by atoms with Gasteiger partial charge in [0.25, 0.3) is 0 Å². The topological polar surface area (TPSA) is 70.8 Å². The predicted octanol–water partition coefficient (Wildman–Crippen LogP) is 3.65. The molecule has 0 atom stereocenters. The van der Waals surface area contributed by atoms with Gasteiger partial charge in [0.05, 0.1) is 25.3 Å². The fourth-order valence-electron chi connectivity index (χ4n) is 2.74. The number of rotatable bonds is 8. The molecule has 0 amide bonds. The van der Waals surface area contributed by atoms with Crippen LogP contribution in [0.25, 0.3) is 16.6 Å². The summed E-state index contributed by atoms with van der Waals surface area (Å²) in [6.07, 6.45) is 0.900. The second kappa shape index (κ2) is 7.85. The van der Waals surface area contributed by atoms with Crippen LogP contribution in [0, 0.1) is 0 Å². The molecule has 134 valence electrons. The van der Waals surface area contributed by atoms with Crippen LogP contribution in [0.4, 0.5) is 0 Å². The zero-order valence-electron chi connectivity index (χ0n) is 14.5. The number of hydrogen-bond acceptors (Lipinski definition) is 7. The van der Waals surface area contributed by atoms with Gasteiger partial charge in [0.15, 0.2) is 5.65 Å². The van der Waals surface area contributed by atoms with E-state index >= 15 is 0 Å². The molecule has 0 fully saturated rings. The molecule has 0 aliphatic carbocycles. The van der Waals surface area contributed by atoms with E-state index in [1.165, 1.54) is 5.56 Å². The molecule has 0 saturated carbocycles. The Bertz CT molecular complexity index is 920. The van der Waals surface area contributed by atoms with Crippen LogP contribution in [-0.2, 0) is 38.4 Å². The quantitative estimate of drug-likeness (QED) is 0.552. The largest absolute Gasteiger partial charge is 0.327 e. The number of aryl methyl sites for hydroxylation is 1. The van der Waals surface area contributed by atoms with Crippen LogP contribution < -0.4 is 0 Å². The van der Waals surface area contributed by atoms with Crippen molar-refractivity contribution in [2.45, 2.75) is 33.8 Å². The predicted molar refractivity (Wildman–Crippen MR) is 100.0 cm³/mol. The first-order chi connectivity index (χ1) is 12.1. The highest BCUT2D eigenvalue weighted by atomic mass is 32.5. The van der Waals surface area contributed by atoms with E-state index in [4.69, 9.17) is 25.4 Å². The molecule has 0 aliphatic rings. The first-order valence-electron chi connectivity index (χ1n) is 8.27. The second-order valence-corrected chi connectivity index (χ2v) is 8.36. The van der Waals surface area contributed by atoms with Crippen molar-refractivity contribution in [2.75, 3.05) is 13.2 Å². The maximum Gasteiger partial charge on any atom is 0.327 e. The normalized spacial score (nSPS) is 12.3. The maximum atomic E-state index is 5.85. The number of para-hydroxylation sites is 1. The Balaban J connectivity index is 2.02. The van der Waals surface area contributed by atoms with Gasteiger partial charge >= 0.3 is 6.72 Å². The standard InChI is InChI=1S/C16H21N4O3PS/c1-4-12-8-7-9-13-10-14(16-17-18-19-20(16)15(12)13)11-23-24(25,21-5-2)22-6-3/h7-10H,4-6,11H2,1-3H3. The Morgan fingerprint density at radius 3 is 2.52 bits per heavy atom. The molecular formula is C16H21N4O3PS. The number of fused-ring (bicyclic) bond motifs is 3. The van der Waals surface area contributed by atoms with Gasteiger partial charge in [-0.05, 0) is 54.1 Å². The zero-order chi connectivity index (χ0) is 17.9. The first-order valence-corrected chi connectivity index (χ1v) is 10.8. The summed E-state index contributed by atoms with van der Waals surface area (Å²) in [4.78, 5) is 0. The van der Waals surface area contributed by atoms with Crippen molar-refractivity contribution in [3.05, 3.63) is 35.4 Å². The summed E-state index contributed by atoms with van der Waals surface area (Å²) in [5.41, 5.74) is 3.71. The lowest BCUT2D eigenvalue weighted by molar-refractivity contribution is 0.161. The fourth-order valence-corrected chi connectivity index (χ4v) is 4.69. The smallest absolute Gasteiger partial charge is 0.309 e. The van der Waals surface area contributed by atoms with Gasteiger partial charge in [-0.2, -0.15) is 4.52 Å². The van der Waals surface area contributed by atoms with Crippen molar-refractivity contribution >= 4 is 35.1 Å². The summed E-state index contributed by atoms with van der Waals surface area (Å²) in [7, 11) is 0. The molecule has 0 unspecified atom stereocenters. The van der Waals surface area contributed by atoms with E-state index in [2.05, 4.69) is 28.5 Å². The highest BCUT2D eigenvalue weighted by Crippen LogP contribution is 2.50. The number of tetrazole rings is 1. The Morgan fingerprint density at radius 2 is 1.84 bits per heavy atom. The average molecular weight is 380 g/mol. The van der Waals surface area contributed by atoms with E-state index in [1.54, 1.807) is 4.52 Å². The van der Waals surface area contributed by atoms with Crippen LogP contribution >= 0.6 is 6.72 Å². The van der Waals surface area contributed by atoms with Crippen molar-refractivity contribution < 1.29 is 13.6 Å². The Kier molecular flexibility index (Phi) is 5.76. The number of nitrogens with zero attached hydrogens (tertiary/aromatic N) is 4. The molecule has 3 rings (SSSR count). The van der Waals surface area contributed by atoms with Gasteiger partial charge in [0.2, 0.25) is 0 Å². The molecule has 0 aliphatic heterocycles. The monoisotopic (exact) mass is 380 g/mol. The third-order valence-electron chi connectivity index (χ3n) is 3.78. The van der Waals surface area contributed by atoms with E-state index in [0.717, 1.165) is 22.9 Å². The lowest BCUT2D eigenvalue weighted by atomic mass is 10.1. The number of hydrogen-bond donors (Lipinski definition) is 0. The minimum Gasteiger partial charge on any atom is -0.309 e. The van der Waals surface area contributed by atoms with Crippen LogP contribution in [0.3, 0.4) is 0 Å². The zero-order valence-corrected chi connectivity index (χ0v) is 16.2. The average Bonchev–Trinajstić information content (AvgIpc) is 3.09. The summed E-state index contributed by atoms with van der Waals surface area (Å²) in [5.74, 6) is 0. The van der Waals surface area contributed by atoms with Crippen LogP contribution in [0.2, 0.25) is 0 Å². The molecule has 2 heterocycles. The first kappa shape index (κ1) is 18.4. The van der Waals surface area contributed by atoms with Crippen molar-refractivity contribution in [3.8, 4) is 0 Å². The van der Waals surface area contributed by atoms with Gasteiger partial charge in [-0.15, -0.1) is 5.10 Å². The highest BCUT2D eigenvalue weighted by Gasteiger charge is 2.21. The van der Waals surface area contributed by atoms with Gasteiger partial charge in [0, 0.05) is 10.9 Å². The van der Waals surface area contributed by atoms with Crippen molar-refractivity contribution in [1.82, 2.24) is 20.0 Å². The van der Waals surface area contributed by atoms with Crippen LogP contribution in [0.1, 0.15) is 31.9 Å². The van der Waals surface area contributed by atoms with E-state index in [9.17, 15) is 0 Å². The number of pyridine rings is 1. The fraction of sp³-hybridized carbons (Fsp3) is 0.438. The molecule has 0 N–H and O–H groups in total. The summed E-state index contributed by atoms with van der Waals surface area (Å²) >= 11 is 5.42. The molecule has 7 nitrogen and oxygen atoms in total. The van der Waals surface area contributed by atoms with Gasteiger partial charge in [-0.1, -0.05) is 25.1 Å². The number of benzene rings is 1. The minimum absolute atomic E-state index is 0.230. The lowest BCUT2D eigenvalue weighted by Gasteiger charge is -2.20. The Hall–Kier alpha value is -1.44. The van der Waals surface area contributed by atoms with Gasteiger partial charge in [-0.3, -0.25) is 0 Å². The Labute approximate surface area is 151 Å². The molecule has 0 saturated heterocycles. The molecule has 1 aromatic carbocycles. The van der Waals surface area contributed by atoms with E-state index in [1.807, 2.05) is 32.0 Å². The van der Waals surface area contributed by atoms with Gasteiger partial charge < -0.3 is 13.6 Å². The van der Waals surface area contributed by atoms with Crippen molar-refractivity contribution in [2.24, 2.45) is 0 Å². The summed E-state index contributed by atoms with van der Waals surface area (Å²) in [6, 6.07) is 8.20. The van der Waals surface area contributed by atoms with E-state index < -0.39 is 6.72 Å². The molecule has 9 heteroatoms. The molecular weight excluding hydrogens is 359 g/mol. The van der Waals surface area contributed by atoms with Gasteiger partial charge in [-0.25, -0.2) is 0 Å². The van der Waals surface area contributed by atoms with Crippen molar-refractivity contribution in [1.29, 1.82) is 0 Å². The summed E-state index contributed by atoms with van der Waals surface area (Å²) in [6.45, 7) is 4.20. The summed E-state index contributed by atoms with van der Waals surface area (Å²) < 4.78 is 18.7. The molecule has 0 spiro atoms. The van der Waals surface area contributed by atoms with Crippen LogP contribution in [0.15, 0.2) is 24.3 Å². The lowest BCUT2D eigenvalue weighted by Crippen LogP contribution is -2.03. The highest BCUT2D eigenvalue weighted by molar-refractivity contribution is 8.07. The maximum absolute atomic E-state index is 5.85. The minimum atomic E-state index is -2.76. The molecule has 3 aromatic rings. The third-order valence-corrected chi connectivity index (χ3v) is 6.33. The third kappa shape index (κ3) is 3.73. The van der Waals surface area contributed by atoms with E-state index in [-0.39, 0.29) is 6.61 Å². The molecule has 25 heavy (non-hydrogen) atoms. The summed E-state index contributed by atoms with van der Waals surface area (Å²) in [5, 5.41) is 13.2. The number of aromatic nitrogens is 4. The second-order valence-electron chi connectivity index (χ2n) is 5.35. The SMILES string of the molecule is CCOP(=S)(OCC)OCc1cc2cccc(CC)c2n2nnnc12. The van der Waals surface area contributed by atoms with Crippen LogP contribution in [-0.4, -0.2) is 33.3 Å². The van der Waals surface area contributed by atoms with E-state index in [0.29, 0.717) is 18.9 Å². The van der Waals surface area contributed by atoms with Crippen LogP contribution in [0.5, 0.6) is 0 Å². The molecule has 0 radical (unpaired) electrons. The Morgan fingerprint density at radius 1 is 1.08 bits per heavy atom.